The molecule has 0 aliphatic carbocycles. The smallest absolute Gasteiger partial charge is 0.114 e. The molecule has 1 aromatic carbocycles. The second-order valence-electron chi connectivity index (χ2n) is 3.89. The summed E-state index contributed by atoms with van der Waals surface area (Å²) < 4.78 is 0. The van der Waals surface area contributed by atoms with E-state index in [2.05, 4.69) is 17.2 Å². The highest BCUT2D eigenvalue weighted by Gasteiger charge is 2.21. The number of aromatic nitrogens is 1. The number of rotatable bonds is 5. The molecule has 0 bridgehead atoms. The van der Waals surface area contributed by atoms with Crippen LogP contribution < -0.4 is 5.32 Å². The first-order chi connectivity index (χ1) is 8.74. The predicted octanol–water partition coefficient (Wildman–Crippen LogP) is 4.54. The molecule has 0 aliphatic rings. The Bertz CT molecular complexity index is 479. The molecule has 0 amide bonds. The number of nitrogens with zero attached hydrogens (tertiary/aromatic N) is 1. The number of halogens is 2. The molecule has 0 fully saturated rings. The van der Waals surface area contributed by atoms with E-state index in [1.807, 2.05) is 23.6 Å². The molecule has 18 heavy (non-hydrogen) atoms. The third-order valence-corrected chi connectivity index (χ3v) is 4.08. The minimum atomic E-state index is -0.0360. The molecule has 0 saturated heterocycles. The van der Waals surface area contributed by atoms with Gasteiger partial charge in [0, 0.05) is 27.2 Å². The fraction of sp³-hybridized carbons (Fsp3) is 0.308. The Balaban J connectivity index is 2.40. The van der Waals surface area contributed by atoms with Crippen molar-refractivity contribution in [1.29, 1.82) is 0 Å². The van der Waals surface area contributed by atoms with Crippen molar-refractivity contribution in [2.24, 2.45) is 0 Å². The molecule has 0 radical (unpaired) electrons. The number of thiazole rings is 1. The van der Waals surface area contributed by atoms with Crippen LogP contribution in [0.4, 0.5) is 0 Å². The summed E-state index contributed by atoms with van der Waals surface area (Å²) in [7, 11) is 0. The Morgan fingerprint density at radius 2 is 2.06 bits per heavy atom. The molecule has 96 valence electrons. The lowest BCUT2D eigenvalue weighted by atomic mass is 10.1. The molecule has 0 spiro atoms. The van der Waals surface area contributed by atoms with E-state index in [4.69, 9.17) is 23.2 Å². The van der Waals surface area contributed by atoms with Gasteiger partial charge in [-0.25, -0.2) is 4.98 Å². The Hall–Kier alpha value is -0.610. The largest absolute Gasteiger partial charge is 0.304 e. The highest BCUT2D eigenvalue weighted by Crippen LogP contribution is 2.34. The van der Waals surface area contributed by atoms with Gasteiger partial charge in [-0.1, -0.05) is 36.2 Å². The quantitative estimate of drug-likeness (QED) is 0.877. The van der Waals surface area contributed by atoms with Crippen LogP contribution in [0.25, 0.3) is 0 Å². The van der Waals surface area contributed by atoms with Gasteiger partial charge in [-0.2, -0.15) is 0 Å². The molecule has 1 heterocycles. The van der Waals surface area contributed by atoms with E-state index >= 15 is 0 Å². The van der Waals surface area contributed by atoms with Crippen molar-refractivity contribution in [3.8, 4) is 0 Å². The molecule has 1 N–H and O–H groups in total. The number of hydrogen-bond acceptors (Lipinski definition) is 3. The average molecular weight is 301 g/mol. The van der Waals surface area contributed by atoms with Crippen LogP contribution in [-0.2, 0) is 0 Å². The summed E-state index contributed by atoms with van der Waals surface area (Å²) in [6.45, 7) is 3.02. The second-order valence-corrected chi connectivity index (χ2v) is 5.63. The Morgan fingerprint density at radius 3 is 2.61 bits per heavy atom. The summed E-state index contributed by atoms with van der Waals surface area (Å²) in [5, 5.41) is 7.74. The van der Waals surface area contributed by atoms with Crippen LogP contribution >= 0.6 is 34.5 Å². The van der Waals surface area contributed by atoms with E-state index in [-0.39, 0.29) is 6.04 Å². The van der Waals surface area contributed by atoms with E-state index in [0.29, 0.717) is 10.0 Å². The van der Waals surface area contributed by atoms with Gasteiger partial charge in [0.1, 0.15) is 5.01 Å². The minimum absolute atomic E-state index is 0.0360. The maximum Gasteiger partial charge on any atom is 0.114 e. The first kappa shape index (κ1) is 13.8. The van der Waals surface area contributed by atoms with Crippen LogP contribution in [0.5, 0.6) is 0 Å². The van der Waals surface area contributed by atoms with Crippen LogP contribution in [0.3, 0.4) is 0 Å². The van der Waals surface area contributed by atoms with Gasteiger partial charge < -0.3 is 5.32 Å². The van der Waals surface area contributed by atoms with Crippen LogP contribution in [0.15, 0.2) is 29.8 Å². The summed E-state index contributed by atoms with van der Waals surface area (Å²) in [5.74, 6) is 0. The SMILES string of the molecule is CCCNC(c1nccs1)c1c(Cl)cccc1Cl. The average Bonchev–Trinajstić information content (AvgIpc) is 2.86. The van der Waals surface area contributed by atoms with Gasteiger partial charge in [-0.15, -0.1) is 11.3 Å². The highest BCUT2D eigenvalue weighted by molar-refractivity contribution is 7.09. The van der Waals surface area contributed by atoms with Crippen molar-refractivity contribution in [3.05, 3.63) is 50.4 Å². The third-order valence-electron chi connectivity index (χ3n) is 2.59. The van der Waals surface area contributed by atoms with E-state index in [0.717, 1.165) is 23.5 Å². The summed E-state index contributed by atoms with van der Waals surface area (Å²) in [6, 6.07) is 5.53. The molecule has 0 aliphatic heterocycles. The van der Waals surface area contributed by atoms with Crippen molar-refractivity contribution < 1.29 is 0 Å². The zero-order valence-corrected chi connectivity index (χ0v) is 12.3. The monoisotopic (exact) mass is 300 g/mol. The zero-order chi connectivity index (χ0) is 13.0. The molecule has 2 aromatic rings. The minimum Gasteiger partial charge on any atom is -0.304 e. The molecular formula is C13H14Cl2N2S. The Morgan fingerprint density at radius 1 is 1.33 bits per heavy atom. The molecule has 2 rings (SSSR count). The maximum absolute atomic E-state index is 6.27. The third kappa shape index (κ3) is 3.04. The van der Waals surface area contributed by atoms with Gasteiger partial charge in [0.25, 0.3) is 0 Å². The summed E-state index contributed by atoms with van der Waals surface area (Å²) in [6.07, 6.45) is 2.84. The van der Waals surface area contributed by atoms with Gasteiger partial charge >= 0.3 is 0 Å². The fourth-order valence-electron chi connectivity index (χ4n) is 1.77. The second kappa shape index (κ2) is 6.53. The standard InChI is InChI=1S/C13H14Cl2N2S/c1-2-6-16-12(13-17-7-8-18-13)11-9(14)4-3-5-10(11)15/h3-5,7-8,12,16H,2,6H2,1H3. The van der Waals surface area contributed by atoms with E-state index in [9.17, 15) is 0 Å². The van der Waals surface area contributed by atoms with Crippen molar-refractivity contribution in [1.82, 2.24) is 10.3 Å². The van der Waals surface area contributed by atoms with Crippen molar-refractivity contribution in [2.45, 2.75) is 19.4 Å². The number of nitrogens with one attached hydrogen (secondary N) is 1. The van der Waals surface area contributed by atoms with Crippen molar-refractivity contribution in [3.63, 3.8) is 0 Å². The molecule has 1 unspecified atom stereocenters. The molecule has 1 atom stereocenters. The van der Waals surface area contributed by atoms with Gasteiger partial charge in [0.15, 0.2) is 0 Å². The van der Waals surface area contributed by atoms with Crippen LogP contribution in [0.2, 0.25) is 10.0 Å². The lowest BCUT2D eigenvalue weighted by molar-refractivity contribution is 0.596. The number of hydrogen-bond donors (Lipinski definition) is 1. The lowest BCUT2D eigenvalue weighted by Crippen LogP contribution is -2.23. The maximum atomic E-state index is 6.27. The lowest BCUT2D eigenvalue weighted by Gasteiger charge is -2.19. The molecule has 5 heteroatoms. The first-order valence-corrected chi connectivity index (χ1v) is 7.44. The van der Waals surface area contributed by atoms with Gasteiger partial charge in [0.2, 0.25) is 0 Å². The van der Waals surface area contributed by atoms with Gasteiger partial charge in [0.05, 0.1) is 6.04 Å². The number of benzene rings is 1. The zero-order valence-electron chi connectivity index (χ0n) is 9.99. The molecule has 2 nitrogen and oxygen atoms in total. The van der Waals surface area contributed by atoms with E-state index in [1.165, 1.54) is 0 Å². The Labute approximate surface area is 121 Å². The van der Waals surface area contributed by atoms with Crippen LogP contribution in [-0.4, -0.2) is 11.5 Å². The first-order valence-electron chi connectivity index (χ1n) is 5.80. The van der Waals surface area contributed by atoms with Gasteiger partial charge in [-0.05, 0) is 25.1 Å². The van der Waals surface area contributed by atoms with E-state index in [1.54, 1.807) is 17.5 Å². The summed E-state index contributed by atoms with van der Waals surface area (Å²) in [4.78, 5) is 4.37. The molecular weight excluding hydrogens is 287 g/mol. The molecule has 0 saturated carbocycles. The van der Waals surface area contributed by atoms with Gasteiger partial charge in [-0.3, -0.25) is 0 Å². The molecule has 1 aromatic heterocycles. The summed E-state index contributed by atoms with van der Waals surface area (Å²) >= 11 is 14.1. The van der Waals surface area contributed by atoms with Crippen LogP contribution in [0, 0.1) is 0 Å². The topological polar surface area (TPSA) is 24.9 Å². The van der Waals surface area contributed by atoms with Crippen molar-refractivity contribution >= 4 is 34.5 Å². The predicted molar refractivity (Wildman–Crippen MR) is 78.7 cm³/mol. The normalized spacial score (nSPS) is 12.6. The Kier molecular flexibility index (Phi) is 5.01. The highest BCUT2D eigenvalue weighted by atomic mass is 35.5. The fourth-order valence-corrected chi connectivity index (χ4v) is 3.10. The van der Waals surface area contributed by atoms with Crippen molar-refractivity contribution in [2.75, 3.05) is 6.54 Å². The summed E-state index contributed by atoms with van der Waals surface area (Å²) in [5.41, 5.74) is 0.907. The van der Waals surface area contributed by atoms with Crippen LogP contribution in [0.1, 0.15) is 30.0 Å². The van der Waals surface area contributed by atoms with E-state index < -0.39 is 0 Å².